The third-order valence-corrected chi connectivity index (χ3v) is 14.9. The van der Waals surface area contributed by atoms with E-state index in [-0.39, 0.29) is 31.1 Å². The summed E-state index contributed by atoms with van der Waals surface area (Å²) < 4.78 is 16.9. The van der Waals surface area contributed by atoms with Gasteiger partial charge in [0.25, 0.3) is 0 Å². The minimum absolute atomic E-state index is 0.0898. The fraction of sp³-hybridized carbons (Fsp3) is 0.701. The van der Waals surface area contributed by atoms with Crippen LogP contribution in [0.15, 0.2) is 122 Å². The van der Waals surface area contributed by atoms with E-state index in [1.807, 2.05) is 0 Å². The normalized spacial score (nSPS) is 12.9. The Morgan fingerprint density at radius 3 is 0.747 bits per heavy atom. The van der Waals surface area contributed by atoms with Gasteiger partial charge < -0.3 is 14.2 Å². The molecule has 0 bridgehead atoms. The lowest BCUT2D eigenvalue weighted by Crippen LogP contribution is -2.30. The molecule has 0 aromatic carbocycles. The van der Waals surface area contributed by atoms with E-state index in [2.05, 4.69) is 142 Å². The number of esters is 3. The van der Waals surface area contributed by atoms with E-state index < -0.39 is 6.10 Å². The molecule has 474 valence electrons. The van der Waals surface area contributed by atoms with E-state index in [9.17, 15) is 14.4 Å². The van der Waals surface area contributed by atoms with Crippen molar-refractivity contribution in [3.8, 4) is 0 Å². The molecule has 0 spiro atoms. The number of ether oxygens (including phenoxy) is 3. The highest BCUT2D eigenvalue weighted by atomic mass is 16.6. The zero-order valence-corrected chi connectivity index (χ0v) is 54.4. The number of carbonyl (C=O) groups is 3. The summed E-state index contributed by atoms with van der Waals surface area (Å²) in [6, 6.07) is 0. The first-order valence-corrected chi connectivity index (χ1v) is 35.0. The van der Waals surface area contributed by atoms with Crippen LogP contribution in [0.1, 0.15) is 329 Å². The Balaban J connectivity index is 4.30. The lowest BCUT2D eigenvalue weighted by atomic mass is 10.0. The topological polar surface area (TPSA) is 78.9 Å². The first-order chi connectivity index (χ1) is 41.0. The number of unbranched alkanes of at least 4 members (excludes halogenated alkanes) is 32. The second kappa shape index (κ2) is 70.3. The maximum Gasteiger partial charge on any atom is 0.306 e. The summed E-state index contributed by atoms with van der Waals surface area (Å²) >= 11 is 0. The van der Waals surface area contributed by atoms with E-state index in [1.54, 1.807) is 0 Å². The van der Waals surface area contributed by atoms with Gasteiger partial charge in [-0.15, -0.1) is 0 Å². The number of hydrogen-bond acceptors (Lipinski definition) is 6. The zero-order chi connectivity index (χ0) is 59.9. The van der Waals surface area contributed by atoms with Gasteiger partial charge in [-0.3, -0.25) is 14.4 Å². The Hall–Kier alpha value is -4.19. The standard InChI is InChI=1S/C77H130O6/c1-4-7-10-13-16-19-22-25-27-29-31-33-35-37-38-40-41-43-45-47-49-52-55-58-61-64-67-70-76(79)82-73-74(72-81-75(78)69-66-63-60-57-54-51-24-21-18-15-12-9-6-3)83-77(80)71-68-65-62-59-56-53-50-48-46-44-42-39-36-34-32-30-28-26-23-20-17-14-11-8-5-2/h7,9-10,12,16,18-19,21,23,25-27,30-33,36,39,51,54,74H,4-6,8,11,13-15,17,20,22,24,28-29,34-35,37-38,40-50,52-53,55-73H2,1-3H3/b10-7-,12-9-,19-16-,21-18-,26-23-,27-25-,32-30-,33-31-,39-36-,54-51-. The molecule has 0 fully saturated rings. The van der Waals surface area contributed by atoms with Crippen LogP contribution in [0.5, 0.6) is 0 Å². The lowest BCUT2D eigenvalue weighted by Gasteiger charge is -2.18. The summed E-state index contributed by atoms with van der Waals surface area (Å²) in [6.07, 6.45) is 98.0. The van der Waals surface area contributed by atoms with Gasteiger partial charge in [-0.25, -0.2) is 0 Å². The van der Waals surface area contributed by atoms with Gasteiger partial charge in [0.15, 0.2) is 6.10 Å². The molecular formula is C77H130O6. The molecule has 0 N–H and O–H groups in total. The maximum absolute atomic E-state index is 13.0. The molecule has 1 unspecified atom stereocenters. The van der Waals surface area contributed by atoms with Gasteiger partial charge in [0.05, 0.1) is 0 Å². The van der Waals surface area contributed by atoms with Crippen LogP contribution in [0.2, 0.25) is 0 Å². The van der Waals surface area contributed by atoms with Crippen LogP contribution >= 0.6 is 0 Å². The van der Waals surface area contributed by atoms with E-state index >= 15 is 0 Å². The van der Waals surface area contributed by atoms with Crippen molar-refractivity contribution in [1.82, 2.24) is 0 Å². The predicted octanol–water partition coefficient (Wildman–Crippen LogP) is 24.3. The average Bonchev–Trinajstić information content (AvgIpc) is 3.49. The smallest absolute Gasteiger partial charge is 0.306 e. The van der Waals surface area contributed by atoms with Crippen molar-refractivity contribution in [1.29, 1.82) is 0 Å². The number of carbonyl (C=O) groups excluding carboxylic acids is 3. The Bertz CT molecular complexity index is 1700. The van der Waals surface area contributed by atoms with Crippen molar-refractivity contribution in [2.75, 3.05) is 13.2 Å². The summed E-state index contributed by atoms with van der Waals surface area (Å²) in [7, 11) is 0. The van der Waals surface area contributed by atoms with Gasteiger partial charge in [-0.1, -0.05) is 303 Å². The third-order valence-electron chi connectivity index (χ3n) is 14.9. The molecule has 0 aliphatic rings. The van der Waals surface area contributed by atoms with Crippen molar-refractivity contribution < 1.29 is 28.6 Å². The zero-order valence-electron chi connectivity index (χ0n) is 54.4. The Morgan fingerprint density at radius 2 is 0.470 bits per heavy atom. The molecule has 6 nitrogen and oxygen atoms in total. The SMILES string of the molecule is CC/C=C\C/C=C\C/C=C\C/C=C\CCCCCCCCCCCCCCCCC(=O)OCC(COC(=O)CCCCC/C=C\C/C=C\C/C=C\CC)OC(=O)CCCCCCCCCCCC/C=C\C/C=C\C/C=C\CCCCCCC. The van der Waals surface area contributed by atoms with Crippen LogP contribution in [0.25, 0.3) is 0 Å². The second-order valence-corrected chi connectivity index (χ2v) is 23.0. The molecule has 0 aliphatic heterocycles. The molecule has 0 aliphatic carbocycles. The highest BCUT2D eigenvalue weighted by Gasteiger charge is 2.19. The molecular weight excluding hydrogens is 1020 g/mol. The van der Waals surface area contributed by atoms with Crippen molar-refractivity contribution in [2.45, 2.75) is 335 Å². The molecule has 0 heterocycles. The number of allylic oxidation sites excluding steroid dienone is 20. The highest BCUT2D eigenvalue weighted by Crippen LogP contribution is 2.17. The summed E-state index contributed by atoms with van der Waals surface area (Å²) in [6.45, 7) is 6.40. The Kier molecular flexibility index (Phi) is 66.7. The van der Waals surface area contributed by atoms with E-state index in [0.29, 0.717) is 19.3 Å². The molecule has 83 heavy (non-hydrogen) atoms. The van der Waals surface area contributed by atoms with Crippen LogP contribution in [0.3, 0.4) is 0 Å². The van der Waals surface area contributed by atoms with Crippen LogP contribution in [0, 0.1) is 0 Å². The van der Waals surface area contributed by atoms with Gasteiger partial charge in [-0.2, -0.15) is 0 Å². The van der Waals surface area contributed by atoms with Gasteiger partial charge in [0.2, 0.25) is 0 Å². The van der Waals surface area contributed by atoms with Gasteiger partial charge in [-0.05, 0) is 128 Å². The molecule has 0 amide bonds. The van der Waals surface area contributed by atoms with Gasteiger partial charge in [0, 0.05) is 19.3 Å². The fourth-order valence-electron chi connectivity index (χ4n) is 9.75. The fourth-order valence-corrected chi connectivity index (χ4v) is 9.75. The quantitative estimate of drug-likeness (QED) is 0.0261. The van der Waals surface area contributed by atoms with Crippen LogP contribution in [-0.2, 0) is 28.6 Å². The van der Waals surface area contributed by atoms with Crippen LogP contribution in [-0.4, -0.2) is 37.2 Å². The summed E-state index contributed by atoms with van der Waals surface area (Å²) in [5.74, 6) is -0.915. The average molecular weight is 1150 g/mol. The molecule has 0 rings (SSSR count). The van der Waals surface area contributed by atoms with Crippen molar-refractivity contribution in [2.24, 2.45) is 0 Å². The minimum Gasteiger partial charge on any atom is -0.462 e. The van der Waals surface area contributed by atoms with E-state index in [4.69, 9.17) is 14.2 Å². The summed E-state index contributed by atoms with van der Waals surface area (Å²) in [5.41, 5.74) is 0. The third kappa shape index (κ3) is 68.5. The molecule has 0 saturated heterocycles. The number of rotatable bonds is 63. The first kappa shape index (κ1) is 78.8. The van der Waals surface area contributed by atoms with Crippen LogP contribution < -0.4 is 0 Å². The predicted molar refractivity (Wildman–Crippen MR) is 362 cm³/mol. The molecule has 0 saturated carbocycles. The molecule has 0 radical (unpaired) electrons. The minimum atomic E-state index is -0.797. The molecule has 1 atom stereocenters. The Morgan fingerprint density at radius 1 is 0.253 bits per heavy atom. The van der Waals surface area contributed by atoms with E-state index in [1.165, 1.54) is 167 Å². The molecule has 0 aromatic rings. The monoisotopic (exact) mass is 1150 g/mol. The van der Waals surface area contributed by atoms with Crippen molar-refractivity contribution >= 4 is 17.9 Å². The largest absolute Gasteiger partial charge is 0.462 e. The summed E-state index contributed by atoms with van der Waals surface area (Å²) in [5, 5.41) is 0. The van der Waals surface area contributed by atoms with E-state index in [0.717, 1.165) is 122 Å². The number of hydrogen-bond donors (Lipinski definition) is 0. The van der Waals surface area contributed by atoms with Gasteiger partial charge >= 0.3 is 17.9 Å². The molecule has 0 aromatic heterocycles. The van der Waals surface area contributed by atoms with Crippen molar-refractivity contribution in [3.63, 3.8) is 0 Å². The van der Waals surface area contributed by atoms with Gasteiger partial charge in [0.1, 0.15) is 13.2 Å². The second-order valence-electron chi connectivity index (χ2n) is 23.0. The van der Waals surface area contributed by atoms with Crippen molar-refractivity contribution in [3.05, 3.63) is 122 Å². The summed E-state index contributed by atoms with van der Waals surface area (Å²) in [4.78, 5) is 38.4. The lowest BCUT2D eigenvalue weighted by molar-refractivity contribution is -0.167. The maximum atomic E-state index is 13.0. The molecule has 6 heteroatoms. The highest BCUT2D eigenvalue weighted by molar-refractivity contribution is 5.71. The van der Waals surface area contributed by atoms with Crippen LogP contribution in [0.4, 0.5) is 0 Å². The Labute approximate surface area is 513 Å². The first-order valence-electron chi connectivity index (χ1n) is 35.0.